The van der Waals surface area contributed by atoms with Crippen LogP contribution in [0.2, 0.25) is 0 Å². The predicted octanol–water partition coefficient (Wildman–Crippen LogP) is 3.64. The summed E-state index contributed by atoms with van der Waals surface area (Å²) in [6, 6.07) is 12.5. The molecule has 0 unspecified atom stereocenters. The first-order valence-electron chi connectivity index (χ1n) is 9.16. The Morgan fingerprint density at radius 3 is 2.29 bits per heavy atom. The third kappa shape index (κ3) is 6.90. The maximum absolute atomic E-state index is 13.0. The first-order valence-corrected chi connectivity index (χ1v) is 9.16. The molecule has 1 aliphatic heterocycles. The molecule has 4 N–H and O–H groups in total. The summed E-state index contributed by atoms with van der Waals surface area (Å²) >= 11 is 0. The molecule has 28 heavy (non-hydrogen) atoms. The molecule has 2 amide bonds. The SMILES string of the molecule is NC(=O)c1ccc(O)cc1.O=C(O)N1CCC(CCc2cccc(F)c2)CC1. The standard InChI is InChI=1S/C14H18FNO2.C7H7NO2/c15-13-3-1-2-12(10-13)5-4-11-6-8-16(9-7-11)14(17)18;8-7(10)5-1-3-6(9)4-2-5/h1-3,10-11H,4-9H2,(H,17,18);1-4,9H,(H2,8,10). The fourth-order valence-electron chi connectivity index (χ4n) is 3.10. The number of amides is 2. The third-order valence-corrected chi connectivity index (χ3v) is 4.77. The minimum atomic E-state index is -0.821. The van der Waals surface area contributed by atoms with Crippen molar-refractivity contribution < 1.29 is 24.2 Å². The number of likely N-dealkylation sites (tertiary alicyclic amines) is 1. The largest absolute Gasteiger partial charge is 0.508 e. The van der Waals surface area contributed by atoms with Crippen LogP contribution in [0, 0.1) is 11.7 Å². The lowest BCUT2D eigenvalue weighted by molar-refractivity contribution is 0.1000. The minimum absolute atomic E-state index is 0.130. The van der Waals surface area contributed by atoms with Crippen LogP contribution in [0.1, 0.15) is 35.2 Å². The molecule has 1 heterocycles. The molecule has 1 fully saturated rings. The summed E-state index contributed by atoms with van der Waals surface area (Å²) in [7, 11) is 0. The Labute approximate surface area is 163 Å². The van der Waals surface area contributed by atoms with Gasteiger partial charge in [-0.1, -0.05) is 12.1 Å². The van der Waals surface area contributed by atoms with Crippen molar-refractivity contribution in [3.63, 3.8) is 0 Å². The van der Waals surface area contributed by atoms with Gasteiger partial charge in [-0.3, -0.25) is 4.79 Å². The second-order valence-electron chi connectivity index (χ2n) is 6.79. The number of primary amides is 1. The Bertz CT molecular complexity index is 787. The average molecular weight is 388 g/mol. The molecule has 0 bridgehead atoms. The van der Waals surface area contributed by atoms with Gasteiger partial charge < -0.3 is 20.8 Å². The van der Waals surface area contributed by atoms with Crippen molar-refractivity contribution >= 4 is 12.0 Å². The molecule has 150 valence electrons. The van der Waals surface area contributed by atoms with E-state index in [-0.39, 0.29) is 11.6 Å². The number of carbonyl (C=O) groups excluding carboxylic acids is 1. The number of nitrogens with two attached hydrogens (primary N) is 1. The number of carbonyl (C=O) groups is 2. The van der Waals surface area contributed by atoms with E-state index in [9.17, 15) is 14.0 Å². The zero-order chi connectivity index (χ0) is 20.5. The number of halogens is 1. The van der Waals surface area contributed by atoms with E-state index in [4.69, 9.17) is 15.9 Å². The molecule has 1 aliphatic rings. The van der Waals surface area contributed by atoms with Crippen LogP contribution in [0.5, 0.6) is 5.75 Å². The quantitative estimate of drug-likeness (QED) is 0.744. The molecule has 3 rings (SSSR count). The average Bonchev–Trinajstić information content (AvgIpc) is 2.67. The molecule has 0 aromatic heterocycles. The van der Waals surface area contributed by atoms with Gasteiger partial charge in [0.25, 0.3) is 0 Å². The Morgan fingerprint density at radius 1 is 1.11 bits per heavy atom. The topological polar surface area (TPSA) is 104 Å². The van der Waals surface area contributed by atoms with Gasteiger partial charge in [0.1, 0.15) is 11.6 Å². The number of aryl methyl sites for hydroxylation is 1. The van der Waals surface area contributed by atoms with Crippen molar-refractivity contribution in [3.05, 3.63) is 65.5 Å². The van der Waals surface area contributed by atoms with Crippen LogP contribution in [-0.2, 0) is 6.42 Å². The summed E-state index contributed by atoms with van der Waals surface area (Å²) < 4.78 is 13.0. The van der Waals surface area contributed by atoms with Gasteiger partial charge in [-0.25, -0.2) is 9.18 Å². The van der Waals surface area contributed by atoms with Crippen molar-refractivity contribution in [1.29, 1.82) is 0 Å². The number of carboxylic acid groups (broad SMARTS) is 1. The molecule has 0 atom stereocenters. The van der Waals surface area contributed by atoms with Crippen LogP contribution >= 0.6 is 0 Å². The predicted molar refractivity (Wildman–Crippen MR) is 104 cm³/mol. The van der Waals surface area contributed by atoms with Gasteiger partial charge in [0.2, 0.25) is 5.91 Å². The highest BCUT2D eigenvalue weighted by molar-refractivity contribution is 5.92. The summed E-state index contributed by atoms with van der Waals surface area (Å²) in [5, 5.41) is 17.6. The fraction of sp³-hybridized carbons (Fsp3) is 0.333. The van der Waals surface area contributed by atoms with Gasteiger partial charge in [-0.15, -0.1) is 0 Å². The van der Waals surface area contributed by atoms with Crippen molar-refractivity contribution in [1.82, 2.24) is 4.90 Å². The molecule has 0 saturated carbocycles. The molecular weight excluding hydrogens is 363 g/mol. The normalized spacial score (nSPS) is 14.1. The highest BCUT2D eigenvalue weighted by Gasteiger charge is 2.21. The highest BCUT2D eigenvalue weighted by Crippen LogP contribution is 2.22. The molecule has 2 aromatic rings. The highest BCUT2D eigenvalue weighted by atomic mass is 19.1. The monoisotopic (exact) mass is 388 g/mol. The fourth-order valence-corrected chi connectivity index (χ4v) is 3.10. The lowest BCUT2D eigenvalue weighted by atomic mass is 9.91. The smallest absolute Gasteiger partial charge is 0.407 e. The second-order valence-corrected chi connectivity index (χ2v) is 6.79. The van der Waals surface area contributed by atoms with E-state index in [1.54, 1.807) is 12.1 Å². The number of nitrogens with zero attached hydrogens (tertiary/aromatic N) is 1. The number of phenols is 1. The van der Waals surface area contributed by atoms with E-state index in [2.05, 4.69) is 0 Å². The number of piperidine rings is 1. The second kappa shape index (κ2) is 10.3. The molecule has 1 saturated heterocycles. The van der Waals surface area contributed by atoms with E-state index in [1.165, 1.54) is 35.2 Å². The van der Waals surface area contributed by atoms with E-state index in [0.29, 0.717) is 24.6 Å². The zero-order valence-electron chi connectivity index (χ0n) is 15.6. The zero-order valence-corrected chi connectivity index (χ0v) is 15.6. The van der Waals surface area contributed by atoms with E-state index in [0.717, 1.165) is 31.2 Å². The number of hydrogen-bond donors (Lipinski definition) is 3. The summed E-state index contributed by atoms with van der Waals surface area (Å²) in [6.45, 7) is 1.26. The van der Waals surface area contributed by atoms with Crippen LogP contribution in [0.3, 0.4) is 0 Å². The van der Waals surface area contributed by atoms with Gasteiger partial charge in [0.15, 0.2) is 0 Å². The maximum atomic E-state index is 13.0. The van der Waals surface area contributed by atoms with Crippen LogP contribution in [-0.4, -0.2) is 40.2 Å². The summed E-state index contributed by atoms with van der Waals surface area (Å²) in [5.74, 6) is 0.0158. The van der Waals surface area contributed by atoms with Crippen molar-refractivity contribution in [3.8, 4) is 5.75 Å². The number of phenolic OH excluding ortho intramolecular Hbond substituents is 1. The van der Waals surface area contributed by atoms with E-state index < -0.39 is 12.0 Å². The van der Waals surface area contributed by atoms with Crippen LogP contribution in [0.4, 0.5) is 9.18 Å². The molecular formula is C21H25FN2O4. The lowest BCUT2D eigenvalue weighted by Gasteiger charge is -2.29. The van der Waals surface area contributed by atoms with Gasteiger partial charge in [-0.05, 0) is 73.6 Å². The minimum Gasteiger partial charge on any atom is -0.508 e. The van der Waals surface area contributed by atoms with Crippen LogP contribution in [0.15, 0.2) is 48.5 Å². The van der Waals surface area contributed by atoms with Crippen molar-refractivity contribution in [2.24, 2.45) is 11.7 Å². The maximum Gasteiger partial charge on any atom is 0.407 e. The summed E-state index contributed by atoms with van der Waals surface area (Å²) in [4.78, 5) is 22.7. The van der Waals surface area contributed by atoms with Gasteiger partial charge in [-0.2, -0.15) is 0 Å². The Hall–Kier alpha value is -3.09. The summed E-state index contributed by atoms with van der Waals surface area (Å²) in [5.41, 5.74) is 6.37. The van der Waals surface area contributed by atoms with E-state index in [1.807, 2.05) is 6.07 Å². The summed E-state index contributed by atoms with van der Waals surface area (Å²) in [6.07, 6.45) is 2.90. The number of hydrogen-bond acceptors (Lipinski definition) is 3. The number of benzene rings is 2. The van der Waals surface area contributed by atoms with Gasteiger partial charge in [0, 0.05) is 18.7 Å². The van der Waals surface area contributed by atoms with Crippen molar-refractivity contribution in [2.75, 3.05) is 13.1 Å². The number of aromatic hydroxyl groups is 1. The number of rotatable bonds is 4. The van der Waals surface area contributed by atoms with E-state index >= 15 is 0 Å². The first-order chi connectivity index (χ1) is 13.3. The molecule has 6 nitrogen and oxygen atoms in total. The third-order valence-electron chi connectivity index (χ3n) is 4.77. The Balaban J connectivity index is 0.000000237. The first kappa shape index (κ1) is 21.2. The molecule has 7 heteroatoms. The van der Waals surface area contributed by atoms with Crippen LogP contribution < -0.4 is 5.73 Å². The Kier molecular flexibility index (Phi) is 7.80. The molecule has 0 aliphatic carbocycles. The molecule has 0 radical (unpaired) electrons. The van der Waals surface area contributed by atoms with Crippen molar-refractivity contribution in [2.45, 2.75) is 25.7 Å². The molecule has 2 aromatic carbocycles. The lowest BCUT2D eigenvalue weighted by Crippen LogP contribution is -2.37. The van der Waals surface area contributed by atoms with Gasteiger partial charge in [0.05, 0.1) is 0 Å². The molecule has 0 spiro atoms. The Morgan fingerprint density at radius 2 is 1.75 bits per heavy atom. The van der Waals surface area contributed by atoms with Crippen LogP contribution in [0.25, 0.3) is 0 Å². The van der Waals surface area contributed by atoms with Gasteiger partial charge >= 0.3 is 6.09 Å².